The molecule has 0 heterocycles. The van der Waals surface area contributed by atoms with Gasteiger partial charge in [-0.15, -0.1) is 0 Å². The molecule has 1 aromatic rings. The van der Waals surface area contributed by atoms with Crippen LogP contribution in [-0.4, -0.2) is 13.2 Å². The smallest absolute Gasteiger partial charge is 0.118 e. The van der Waals surface area contributed by atoms with Gasteiger partial charge in [0.15, 0.2) is 0 Å². The number of ether oxygens (including phenoxy) is 1. The maximum absolute atomic E-state index is 5.82. The predicted molar refractivity (Wildman–Crippen MR) is 83.5 cm³/mol. The number of nitrogens with one attached hydrogen (secondary N) is 1. The summed E-state index contributed by atoms with van der Waals surface area (Å²) in [6, 6.07) is 8.72. The van der Waals surface area contributed by atoms with Crippen LogP contribution in [0.4, 0.5) is 0 Å². The molecular formula is C17H28N2O. The maximum Gasteiger partial charge on any atom is 0.118 e. The number of hydrogen-bond acceptors (Lipinski definition) is 3. The van der Waals surface area contributed by atoms with E-state index in [0.717, 1.165) is 18.1 Å². The zero-order chi connectivity index (χ0) is 14.4. The molecule has 0 bridgehead atoms. The van der Waals surface area contributed by atoms with Crippen molar-refractivity contribution in [2.75, 3.05) is 7.11 Å². The number of hydrazine groups is 1. The molecule has 0 radical (unpaired) electrons. The van der Waals surface area contributed by atoms with Crippen LogP contribution in [0.5, 0.6) is 5.75 Å². The van der Waals surface area contributed by atoms with Crippen molar-refractivity contribution in [3.8, 4) is 5.75 Å². The lowest BCUT2D eigenvalue weighted by atomic mass is 9.75. The molecule has 20 heavy (non-hydrogen) atoms. The molecule has 0 aromatic heterocycles. The first kappa shape index (κ1) is 15.3. The van der Waals surface area contributed by atoms with Crippen LogP contribution in [0.15, 0.2) is 24.3 Å². The van der Waals surface area contributed by atoms with Crippen molar-refractivity contribution in [1.29, 1.82) is 0 Å². The molecule has 0 aliphatic heterocycles. The second kappa shape index (κ2) is 7.65. The molecule has 112 valence electrons. The van der Waals surface area contributed by atoms with Crippen LogP contribution in [0.25, 0.3) is 0 Å². The molecule has 0 saturated heterocycles. The van der Waals surface area contributed by atoms with Crippen LogP contribution in [-0.2, 0) is 6.42 Å². The van der Waals surface area contributed by atoms with Crippen molar-refractivity contribution in [3.05, 3.63) is 29.8 Å². The molecular weight excluding hydrogens is 248 g/mol. The van der Waals surface area contributed by atoms with Crippen LogP contribution in [0, 0.1) is 11.8 Å². The maximum atomic E-state index is 5.82. The number of hydrogen-bond donors (Lipinski definition) is 2. The molecule has 3 heteroatoms. The number of methoxy groups -OCH3 is 1. The summed E-state index contributed by atoms with van der Waals surface area (Å²) in [6.07, 6.45) is 7.68. The van der Waals surface area contributed by atoms with E-state index in [-0.39, 0.29) is 0 Å². The fourth-order valence-corrected chi connectivity index (χ4v) is 3.45. The summed E-state index contributed by atoms with van der Waals surface area (Å²) in [4.78, 5) is 0. The Kier molecular flexibility index (Phi) is 5.86. The standard InChI is InChI=1S/C17H28N2O/c1-3-13-5-4-6-15(11-13)17(19-18)12-14-7-9-16(20-2)10-8-14/h7-10,13,15,17,19H,3-6,11-12,18H2,1-2H3. The molecule has 0 spiro atoms. The highest BCUT2D eigenvalue weighted by atomic mass is 16.5. The molecule has 1 aliphatic carbocycles. The van der Waals surface area contributed by atoms with Crippen molar-refractivity contribution >= 4 is 0 Å². The lowest BCUT2D eigenvalue weighted by molar-refractivity contribution is 0.208. The van der Waals surface area contributed by atoms with Crippen molar-refractivity contribution in [2.45, 2.75) is 51.5 Å². The van der Waals surface area contributed by atoms with Gasteiger partial charge in [0.2, 0.25) is 0 Å². The fourth-order valence-electron chi connectivity index (χ4n) is 3.45. The van der Waals surface area contributed by atoms with E-state index in [0.29, 0.717) is 12.0 Å². The Morgan fingerprint density at radius 1 is 1.30 bits per heavy atom. The van der Waals surface area contributed by atoms with Crippen LogP contribution in [0.2, 0.25) is 0 Å². The SMILES string of the molecule is CCC1CCCC(C(Cc2ccc(OC)cc2)NN)C1. The summed E-state index contributed by atoms with van der Waals surface area (Å²) in [6.45, 7) is 2.31. The first-order valence-corrected chi connectivity index (χ1v) is 7.85. The van der Waals surface area contributed by atoms with E-state index in [1.165, 1.54) is 37.7 Å². The highest BCUT2D eigenvalue weighted by molar-refractivity contribution is 5.27. The van der Waals surface area contributed by atoms with Crippen molar-refractivity contribution < 1.29 is 4.74 Å². The zero-order valence-corrected chi connectivity index (χ0v) is 12.8. The molecule has 1 aliphatic rings. The number of nitrogens with two attached hydrogens (primary N) is 1. The van der Waals surface area contributed by atoms with E-state index in [4.69, 9.17) is 10.6 Å². The van der Waals surface area contributed by atoms with E-state index in [1.54, 1.807) is 7.11 Å². The van der Waals surface area contributed by atoms with E-state index < -0.39 is 0 Å². The van der Waals surface area contributed by atoms with E-state index in [2.05, 4.69) is 24.5 Å². The molecule has 2 rings (SSSR count). The predicted octanol–water partition coefficient (Wildman–Crippen LogP) is 3.29. The normalized spacial score (nSPS) is 24.4. The van der Waals surface area contributed by atoms with Gasteiger partial charge in [0.25, 0.3) is 0 Å². The first-order valence-electron chi connectivity index (χ1n) is 7.85. The Bertz CT molecular complexity index is 390. The second-order valence-electron chi connectivity index (χ2n) is 6.03. The van der Waals surface area contributed by atoms with Crippen LogP contribution < -0.4 is 16.0 Å². The highest BCUT2D eigenvalue weighted by Gasteiger charge is 2.27. The van der Waals surface area contributed by atoms with E-state index in [1.807, 2.05) is 12.1 Å². The van der Waals surface area contributed by atoms with E-state index >= 15 is 0 Å². The fraction of sp³-hybridized carbons (Fsp3) is 0.647. The summed E-state index contributed by atoms with van der Waals surface area (Å²) in [5, 5.41) is 0. The minimum Gasteiger partial charge on any atom is -0.497 e. The lowest BCUT2D eigenvalue weighted by Crippen LogP contribution is -2.44. The van der Waals surface area contributed by atoms with Gasteiger partial charge in [0, 0.05) is 6.04 Å². The largest absolute Gasteiger partial charge is 0.497 e. The summed E-state index contributed by atoms with van der Waals surface area (Å²) in [5.74, 6) is 8.33. The molecule has 3 N–H and O–H groups in total. The third-order valence-electron chi connectivity index (χ3n) is 4.80. The Morgan fingerprint density at radius 2 is 2.05 bits per heavy atom. The molecule has 1 fully saturated rings. The van der Waals surface area contributed by atoms with Crippen molar-refractivity contribution in [2.24, 2.45) is 17.7 Å². The molecule has 0 amide bonds. The second-order valence-corrected chi connectivity index (χ2v) is 6.03. The van der Waals surface area contributed by atoms with Gasteiger partial charge < -0.3 is 4.74 Å². The Morgan fingerprint density at radius 3 is 2.65 bits per heavy atom. The summed E-state index contributed by atoms with van der Waals surface area (Å²) in [5.41, 5.74) is 4.39. The van der Waals surface area contributed by atoms with Gasteiger partial charge in [-0.05, 0) is 48.8 Å². The first-order chi connectivity index (χ1) is 9.76. The minimum atomic E-state index is 0.387. The highest BCUT2D eigenvalue weighted by Crippen LogP contribution is 2.33. The van der Waals surface area contributed by atoms with Gasteiger partial charge in [-0.3, -0.25) is 11.3 Å². The molecule has 3 atom stereocenters. The molecule has 3 nitrogen and oxygen atoms in total. The lowest BCUT2D eigenvalue weighted by Gasteiger charge is -2.34. The zero-order valence-electron chi connectivity index (χ0n) is 12.8. The topological polar surface area (TPSA) is 47.3 Å². The Labute approximate surface area is 122 Å². The van der Waals surface area contributed by atoms with Gasteiger partial charge in [-0.25, -0.2) is 0 Å². The Hall–Kier alpha value is -1.06. The number of rotatable bonds is 6. The van der Waals surface area contributed by atoms with Gasteiger partial charge in [-0.1, -0.05) is 38.3 Å². The van der Waals surface area contributed by atoms with Crippen LogP contribution in [0.3, 0.4) is 0 Å². The molecule has 1 saturated carbocycles. The quantitative estimate of drug-likeness (QED) is 0.619. The summed E-state index contributed by atoms with van der Waals surface area (Å²) >= 11 is 0. The third kappa shape index (κ3) is 3.97. The molecule has 3 unspecified atom stereocenters. The van der Waals surface area contributed by atoms with Gasteiger partial charge in [-0.2, -0.15) is 0 Å². The summed E-state index contributed by atoms with van der Waals surface area (Å²) < 4.78 is 5.21. The Balaban J connectivity index is 1.96. The van der Waals surface area contributed by atoms with Crippen LogP contribution in [0.1, 0.15) is 44.6 Å². The van der Waals surface area contributed by atoms with Crippen molar-refractivity contribution in [3.63, 3.8) is 0 Å². The van der Waals surface area contributed by atoms with Crippen LogP contribution >= 0.6 is 0 Å². The average Bonchev–Trinajstić information content (AvgIpc) is 2.53. The number of benzene rings is 1. The third-order valence-corrected chi connectivity index (χ3v) is 4.80. The monoisotopic (exact) mass is 276 g/mol. The minimum absolute atomic E-state index is 0.387. The average molecular weight is 276 g/mol. The van der Waals surface area contributed by atoms with Gasteiger partial charge >= 0.3 is 0 Å². The summed E-state index contributed by atoms with van der Waals surface area (Å²) in [7, 11) is 1.70. The molecule has 1 aromatic carbocycles. The van der Waals surface area contributed by atoms with Gasteiger partial charge in [0.1, 0.15) is 5.75 Å². The van der Waals surface area contributed by atoms with Gasteiger partial charge in [0.05, 0.1) is 7.11 Å². The van der Waals surface area contributed by atoms with E-state index in [9.17, 15) is 0 Å². The van der Waals surface area contributed by atoms with Crippen molar-refractivity contribution in [1.82, 2.24) is 5.43 Å².